The second-order valence-corrected chi connectivity index (χ2v) is 7.21. The van der Waals surface area contributed by atoms with Crippen LogP contribution in [0, 0.1) is 10.7 Å². The number of fused-ring (bicyclic) bond motifs is 1. The smallest absolute Gasteiger partial charge is 0.282 e. The first-order chi connectivity index (χ1) is 9.90. The fourth-order valence-electron chi connectivity index (χ4n) is 2.81. The van der Waals surface area contributed by atoms with Crippen molar-refractivity contribution in [1.82, 2.24) is 8.61 Å². The first-order valence-corrected chi connectivity index (χ1v) is 7.83. The molecule has 3 rings (SSSR count). The van der Waals surface area contributed by atoms with Crippen LogP contribution in [0.1, 0.15) is 6.42 Å². The summed E-state index contributed by atoms with van der Waals surface area (Å²) in [6, 6.07) is 3.37. The lowest BCUT2D eigenvalue weighted by Crippen LogP contribution is -2.33. The average molecular weight is 315 g/mol. The number of nitroso groups, excluding NO2 is 1. The Morgan fingerprint density at radius 1 is 1.33 bits per heavy atom. The van der Waals surface area contributed by atoms with Gasteiger partial charge in [0, 0.05) is 44.3 Å². The SMILES string of the molecule is CN1CC2CC(Oc3cc(F)cc(N=O)c3)CN2S1(=O)=O. The van der Waals surface area contributed by atoms with E-state index in [1.807, 2.05) is 0 Å². The van der Waals surface area contributed by atoms with E-state index in [1.54, 1.807) is 0 Å². The van der Waals surface area contributed by atoms with Crippen molar-refractivity contribution in [3.8, 4) is 5.75 Å². The molecule has 0 radical (unpaired) electrons. The molecule has 2 aliphatic rings. The molecule has 0 bridgehead atoms. The number of ether oxygens (including phenoxy) is 1. The van der Waals surface area contributed by atoms with Crippen LogP contribution in [0.3, 0.4) is 0 Å². The summed E-state index contributed by atoms with van der Waals surface area (Å²) >= 11 is 0. The topological polar surface area (TPSA) is 79.3 Å². The zero-order valence-electron chi connectivity index (χ0n) is 11.3. The quantitative estimate of drug-likeness (QED) is 0.786. The third kappa shape index (κ3) is 2.52. The van der Waals surface area contributed by atoms with Gasteiger partial charge in [0.2, 0.25) is 0 Å². The Morgan fingerprint density at radius 2 is 2.10 bits per heavy atom. The van der Waals surface area contributed by atoms with Gasteiger partial charge < -0.3 is 4.74 Å². The summed E-state index contributed by atoms with van der Waals surface area (Å²) in [6.45, 7) is 0.643. The maximum absolute atomic E-state index is 13.3. The fourth-order valence-corrected chi connectivity index (χ4v) is 4.41. The van der Waals surface area contributed by atoms with Gasteiger partial charge in [0.15, 0.2) is 0 Å². The summed E-state index contributed by atoms with van der Waals surface area (Å²) in [5.41, 5.74) is -0.0594. The molecular formula is C12H14FN3O4S. The van der Waals surface area contributed by atoms with Gasteiger partial charge in [0.05, 0.1) is 6.54 Å². The number of hydrogen-bond donors (Lipinski definition) is 0. The molecule has 2 atom stereocenters. The van der Waals surface area contributed by atoms with E-state index in [4.69, 9.17) is 4.74 Å². The Hall–Kier alpha value is -1.58. The van der Waals surface area contributed by atoms with Crippen LogP contribution in [-0.4, -0.2) is 49.3 Å². The first kappa shape index (κ1) is 14.4. The summed E-state index contributed by atoms with van der Waals surface area (Å²) in [5.74, 6) is -0.436. The summed E-state index contributed by atoms with van der Waals surface area (Å²) < 4.78 is 45.6. The van der Waals surface area contributed by atoms with Gasteiger partial charge in [-0.15, -0.1) is 4.91 Å². The molecule has 7 nitrogen and oxygen atoms in total. The number of rotatable bonds is 3. The molecular weight excluding hydrogens is 301 g/mol. The lowest BCUT2D eigenvalue weighted by Gasteiger charge is -2.17. The molecule has 2 saturated heterocycles. The molecule has 0 spiro atoms. The molecule has 21 heavy (non-hydrogen) atoms. The number of benzene rings is 1. The Bertz CT molecular complexity index is 681. The highest BCUT2D eigenvalue weighted by atomic mass is 32.2. The standard InChI is InChI=1S/C12H14FN3O4S/c1-15-6-10-5-12(7-16(10)21(15,18)19)20-11-3-8(13)2-9(4-11)14-17/h2-4,10,12H,5-7H2,1H3. The van der Waals surface area contributed by atoms with E-state index < -0.39 is 16.0 Å². The second-order valence-electron chi connectivity index (χ2n) is 5.22. The molecule has 0 aromatic heterocycles. The van der Waals surface area contributed by atoms with Gasteiger partial charge in [-0.25, -0.2) is 4.39 Å². The van der Waals surface area contributed by atoms with E-state index in [9.17, 15) is 17.7 Å². The van der Waals surface area contributed by atoms with Gasteiger partial charge in [0.25, 0.3) is 10.2 Å². The van der Waals surface area contributed by atoms with E-state index in [0.29, 0.717) is 13.0 Å². The Kier molecular flexibility index (Phi) is 3.42. The van der Waals surface area contributed by atoms with Crippen molar-refractivity contribution in [2.75, 3.05) is 20.1 Å². The van der Waals surface area contributed by atoms with Gasteiger partial charge in [-0.1, -0.05) is 0 Å². The normalized spacial score (nSPS) is 28.5. The van der Waals surface area contributed by atoms with E-state index in [-0.39, 0.29) is 30.1 Å². The van der Waals surface area contributed by atoms with Crippen LogP contribution in [-0.2, 0) is 10.2 Å². The molecule has 114 valence electrons. The molecule has 0 amide bonds. The predicted octanol–water partition coefficient (Wildman–Crippen LogP) is 1.24. The zero-order chi connectivity index (χ0) is 15.2. The monoisotopic (exact) mass is 315 g/mol. The van der Waals surface area contributed by atoms with Crippen molar-refractivity contribution in [3.63, 3.8) is 0 Å². The number of nitrogens with zero attached hydrogens (tertiary/aromatic N) is 3. The minimum absolute atomic E-state index is 0.0594. The van der Waals surface area contributed by atoms with E-state index >= 15 is 0 Å². The number of likely N-dealkylation sites (N-methyl/N-ethyl adjacent to an activating group) is 1. The van der Waals surface area contributed by atoms with Crippen LogP contribution in [0.2, 0.25) is 0 Å². The summed E-state index contributed by atoms with van der Waals surface area (Å²) in [6.07, 6.45) is 0.170. The maximum atomic E-state index is 13.3. The van der Waals surface area contributed by atoms with Crippen LogP contribution in [0.15, 0.2) is 23.4 Å². The second kappa shape index (κ2) is 5.00. The number of halogens is 1. The zero-order valence-corrected chi connectivity index (χ0v) is 12.1. The largest absolute Gasteiger partial charge is 0.489 e. The molecule has 1 aromatic carbocycles. The van der Waals surface area contributed by atoms with E-state index in [0.717, 1.165) is 12.1 Å². The Morgan fingerprint density at radius 3 is 2.76 bits per heavy atom. The third-order valence-corrected chi connectivity index (χ3v) is 5.72. The molecule has 0 saturated carbocycles. The molecule has 2 aliphatic heterocycles. The molecule has 1 aromatic rings. The molecule has 9 heteroatoms. The van der Waals surface area contributed by atoms with Gasteiger partial charge >= 0.3 is 0 Å². The van der Waals surface area contributed by atoms with Gasteiger partial charge in [-0.05, 0) is 5.18 Å². The molecule has 0 aliphatic carbocycles. The van der Waals surface area contributed by atoms with E-state index in [1.165, 1.54) is 21.7 Å². The van der Waals surface area contributed by atoms with Crippen LogP contribution in [0.25, 0.3) is 0 Å². The Labute approximate surface area is 121 Å². The highest BCUT2D eigenvalue weighted by Gasteiger charge is 2.48. The van der Waals surface area contributed by atoms with Crippen molar-refractivity contribution >= 4 is 15.9 Å². The average Bonchev–Trinajstić information content (AvgIpc) is 2.88. The van der Waals surface area contributed by atoms with Crippen molar-refractivity contribution in [1.29, 1.82) is 0 Å². The lowest BCUT2D eigenvalue weighted by molar-refractivity contribution is 0.211. The van der Waals surface area contributed by atoms with Crippen LogP contribution in [0.5, 0.6) is 5.75 Å². The lowest BCUT2D eigenvalue weighted by atomic mass is 10.2. The molecule has 2 unspecified atom stereocenters. The Balaban J connectivity index is 1.74. The summed E-state index contributed by atoms with van der Waals surface area (Å²) in [7, 11) is -1.86. The van der Waals surface area contributed by atoms with Crippen LogP contribution >= 0.6 is 0 Å². The van der Waals surface area contributed by atoms with Crippen molar-refractivity contribution in [2.24, 2.45) is 5.18 Å². The summed E-state index contributed by atoms with van der Waals surface area (Å²) in [5, 5.41) is 2.67. The van der Waals surface area contributed by atoms with Crippen LogP contribution < -0.4 is 4.74 Å². The molecule has 0 N–H and O–H groups in total. The van der Waals surface area contributed by atoms with Gasteiger partial charge in [-0.3, -0.25) is 0 Å². The van der Waals surface area contributed by atoms with Gasteiger partial charge in [0.1, 0.15) is 23.4 Å². The highest BCUT2D eigenvalue weighted by Crippen LogP contribution is 2.32. The third-order valence-electron chi connectivity index (χ3n) is 3.75. The van der Waals surface area contributed by atoms with Crippen LogP contribution in [0.4, 0.5) is 10.1 Å². The maximum Gasteiger partial charge on any atom is 0.282 e. The highest BCUT2D eigenvalue weighted by molar-refractivity contribution is 7.87. The minimum atomic E-state index is -3.40. The first-order valence-electron chi connectivity index (χ1n) is 6.44. The van der Waals surface area contributed by atoms with Crippen molar-refractivity contribution < 1.29 is 17.5 Å². The van der Waals surface area contributed by atoms with Crippen molar-refractivity contribution in [3.05, 3.63) is 28.9 Å². The molecule has 2 fully saturated rings. The predicted molar refractivity (Wildman–Crippen MR) is 72.9 cm³/mol. The van der Waals surface area contributed by atoms with Crippen molar-refractivity contribution in [2.45, 2.75) is 18.6 Å². The van der Waals surface area contributed by atoms with E-state index in [2.05, 4.69) is 5.18 Å². The fraction of sp³-hybridized carbons (Fsp3) is 0.500. The molecule has 2 heterocycles. The minimum Gasteiger partial charge on any atom is -0.489 e. The number of hydrogen-bond acceptors (Lipinski definition) is 5. The summed E-state index contributed by atoms with van der Waals surface area (Å²) in [4.78, 5) is 10.5. The van der Waals surface area contributed by atoms with Gasteiger partial charge in [-0.2, -0.15) is 17.0 Å².